The molecule has 5 nitrogen and oxygen atoms in total. The number of aliphatic hydroxyl groups is 2. The molecule has 2 aliphatic rings. The predicted octanol–water partition coefficient (Wildman–Crippen LogP) is 3.43. The second-order valence-electron chi connectivity index (χ2n) is 9.01. The molecule has 3 unspecified atom stereocenters. The van der Waals surface area contributed by atoms with Crippen LogP contribution in [-0.2, 0) is 4.74 Å². The summed E-state index contributed by atoms with van der Waals surface area (Å²) in [6, 6.07) is 5.89. The molecule has 0 spiro atoms. The quantitative estimate of drug-likeness (QED) is 0.557. The van der Waals surface area contributed by atoms with Crippen LogP contribution in [0.3, 0.4) is 0 Å². The average molecular weight is 374 g/mol. The zero-order valence-electron chi connectivity index (χ0n) is 16.5. The summed E-state index contributed by atoms with van der Waals surface area (Å²) in [6.45, 7) is 7.73. The smallest absolute Gasteiger partial charge is 0.338 e. The number of benzene rings is 1. The lowest BCUT2D eigenvalue weighted by Crippen LogP contribution is -2.51. The van der Waals surface area contributed by atoms with E-state index in [1.165, 1.54) is 24.3 Å². The largest absolute Gasteiger partial charge is 0.508 e. The molecular weight excluding hydrogens is 344 g/mol. The molecule has 0 amide bonds. The van der Waals surface area contributed by atoms with E-state index in [0.29, 0.717) is 12.0 Å². The van der Waals surface area contributed by atoms with Crippen molar-refractivity contribution in [2.45, 2.75) is 64.3 Å². The van der Waals surface area contributed by atoms with Gasteiger partial charge in [-0.15, -0.1) is 0 Å². The van der Waals surface area contributed by atoms with Crippen LogP contribution in [-0.4, -0.2) is 38.6 Å². The Kier molecular flexibility index (Phi) is 4.89. The van der Waals surface area contributed by atoms with Crippen molar-refractivity contribution in [2.24, 2.45) is 17.3 Å². The van der Waals surface area contributed by atoms with E-state index in [1.807, 2.05) is 19.9 Å². The van der Waals surface area contributed by atoms with Crippen molar-refractivity contribution in [3.63, 3.8) is 0 Å². The van der Waals surface area contributed by atoms with Crippen molar-refractivity contribution >= 4 is 5.97 Å². The number of esters is 1. The Labute approximate surface area is 160 Å². The van der Waals surface area contributed by atoms with Crippen LogP contribution in [0.1, 0.15) is 57.3 Å². The molecule has 3 N–H and O–H groups in total. The third-order valence-corrected chi connectivity index (χ3v) is 6.48. The Hall–Kier alpha value is -1.85. The minimum atomic E-state index is -1.12. The molecule has 1 aromatic rings. The highest BCUT2D eigenvalue weighted by Gasteiger charge is 2.60. The van der Waals surface area contributed by atoms with Gasteiger partial charge in [0.1, 0.15) is 11.9 Å². The molecule has 5 heteroatoms. The molecule has 0 heterocycles. The minimum absolute atomic E-state index is 0.00403. The fourth-order valence-corrected chi connectivity index (χ4v) is 4.81. The minimum Gasteiger partial charge on any atom is -0.508 e. The summed E-state index contributed by atoms with van der Waals surface area (Å²) >= 11 is 0. The normalized spacial score (nSPS) is 38.5. The number of phenolic OH excluding ortho intramolecular Hbond substituents is 1. The summed E-state index contributed by atoms with van der Waals surface area (Å²) in [7, 11) is 0. The maximum atomic E-state index is 12.7. The first-order valence-corrected chi connectivity index (χ1v) is 9.62. The molecule has 148 valence electrons. The monoisotopic (exact) mass is 374 g/mol. The van der Waals surface area contributed by atoms with E-state index >= 15 is 0 Å². The molecule has 1 aromatic carbocycles. The molecule has 0 saturated heterocycles. The number of fused-ring (bicyclic) bond motifs is 1. The van der Waals surface area contributed by atoms with Crippen LogP contribution in [0.5, 0.6) is 5.75 Å². The highest BCUT2D eigenvalue weighted by atomic mass is 16.5. The lowest BCUT2D eigenvalue weighted by atomic mass is 9.68. The maximum Gasteiger partial charge on any atom is 0.338 e. The van der Waals surface area contributed by atoms with Crippen molar-refractivity contribution in [1.82, 2.24) is 0 Å². The van der Waals surface area contributed by atoms with Gasteiger partial charge >= 0.3 is 5.97 Å². The van der Waals surface area contributed by atoms with Gasteiger partial charge in [0, 0.05) is 12.3 Å². The van der Waals surface area contributed by atoms with Crippen molar-refractivity contribution in [1.29, 1.82) is 0 Å². The average Bonchev–Trinajstić information content (AvgIpc) is 2.80. The van der Waals surface area contributed by atoms with Gasteiger partial charge in [-0.05, 0) is 55.4 Å². The number of ether oxygens (including phenoxy) is 1. The standard InChI is InChI=1S/C22H30O5/c1-14(2)22(26)12-10-20(3)9-11-21(4,25)13-17(18(20)22)27-19(24)15-5-7-16(23)8-6-15/h5-9,11,14,17-18,23,25-26H,10,12-13H2,1-4H3/t17?,18?,20?,21-,22-/m1/s1. The van der Waals surface area contributed by atoms with E-state index < -0.39 is 23.3 Å². The number of hydrogen-bond acceptors (Lipinski definition) is 5. The van der Waals surface area contributed by atoms with Crippen molar-refractivity contribution in [3.05, 3.63) is 42.0 Å². The van der Waals surface area contributed by atoms with Gasteiger partial charge in [0.05, 0.1) is 16.8 Å². The van der Waals surface area contributed by atoms with Crippen LogP contribution in [0.2, 0.25) is 0 Å². The van der Waals surface area contributed by atoms with Crippen LogP contribution in [0.15, 0.2) is 36.4 Å². The molecule has 0 aromatic heterocycles. The van der Waals surface area contributed by atoms with Crippen LogP contribution < -0.4 is 0 Å². The summed E-state index contributed by atoms with van der Waals surface area (Å²) in [5.41, 5.74) is -2.12. The van der Waals surface area contributed by atoms with Crippen LogP contribution in [0.4, 0.5) is 0 Å². The number of allylic oxidation sites excluding steroid dienone is 1. The predicted molar refractivity (Wildman–Crippen MR) is 102 cm³/mol. The second-order valence-corrected chi connectivity index (χ2v) is 9.01. The van der Waals surface area contributed by atoms with E-state index in [9.17, 15) is 20.1 Å². The Bertz CT molecular complexity index is 736. The first-order valence-electron chi connectivity index (χ1n) is 9.62. The summed E-state index contributed by atoms with van der Waals surface area (Å²) in [5.74, 6) is -0.754. The van der Waals surface area contributed by atoms with Gasteiger partial charge in [-0.2, -0.15) is 0 Å². The molecule has 5 atom stereocenters. The SMILES string of the molecule is CC(C)[C@]1(O)CCC2(C)C=C[C@@](C)(O)CC(OC(=O)c3ccc(O)cc3)C21. The number of carbonyl (C=O) groups excluding carboxylic acids is 1. The summed E-state index contributed by atoms with van der Waals surface area (Å²) in [5, 5.41) is 31.6. The topological polar surface area (TPSA) is 87.0 Å². The fourth-order valence-electron chi connectivity index (χ4n) is 4.81. The van der Waals surface area contributed by atoms with Gasteiger partial charge in [-0.25, -0.2) is 4.79 Å². The Balaban J connectivity index is 1.97. The molecule has 0 radical (unpaired) electrons. The lowest BCUT2D eigenvalue weighted by molar-refractivity contribution is -0.116. The first-order chi connectivity index (χ1) is 12.5. The first kappa shape index (κ1) is 19.9. The molecule has 1 fully saturated rings. The van der Waals surface area contributed by atoms with Gasteiger partial charge in [0.2, 0.25) is 0 Å². The van der Waals surface area contributed by atoms with E-state index in [-0.39, 0.29) is 29.4 Å². The van der Waals surface area contributed by atoms with Gasteiger partial charge in [0.15, 0.2) is 0 Å². The van der Waals surface area contributed by atoms with Crippen molar-refractivity contribution in [2.75, 3.05) is 0 Å². The Morgan fingerprint density at radius 3 is 2.33 bits per heavy atom. The number of phenols is 1. The van der Waals surface area contributed by atoms with Gasteiger partial charge in [-0.1, -0.05) is 32.9 Å². The van der Waals surface area contributed by atoms with Crippen LogP contribution >= 0.6 is 0 Å². The molecule has 0 aliphatic heterocycles. The zero-order chi connectivity index (χ0) is 20.0. The summed E-state index contributed by atoms with van der Waals surface area (Å²) < 4.78 is 5.88. The summed E-state index contributed by atoms with van der Waals surface area (Å²) in [6.07, 6.45) is 4.77. The lowest BCUT2D eigenvalue weighted by Gasteiger charge is -2.43. The molecule has 0 bridgehead atoms. The van der Waals surface area contributed by atoms with Gasteiger partial charge in [0.25, 0.3) is 0 Å². The van der Waals surface area contributed by atoms with Gasteiger partial charge in [-0.3, -0.25) is 0 Å². The Morgan fingerprint density at radius 2 is 1.74 bits per heavy atom. The highest BCUT2D eigenvalue weighted by Crippen LogP contribution is 2.57. The number of hydrogen-bond donors (Lipinski definition) is 3. The van der Waals surface area contributed by atoms with Gasteiger partial charge < -0.3 is 20.1 Å². The van der Waals surface area contributed by atoms with Crippen molar-refractivity contribution < 1.29 is 24.9 Å². The Morgan fingerprint density at radius 1 is 1.11 bits per heavy atom. The molecule has 3 rings (SSSR count). The van der Waals surface area contributed by atoms with E-state index in [1.54, 1.807) is 13.0 Å². The third kappa shape index (κ3) is 3.63. The number of rotatable bonds is 3. The van der Waals surface area contributed by atoms with E-state index in [4.69, 9.17) is 4.74 Å². The number of aromatic hydroxyl groups is 1. The van der Waals surface area contributed by atoms with E-state index in [2.05, 4.69) is 6.92 Å². The van der Waals surface area contributed by atoms with Crippen LogP contribution in [0.25, 0.3) is 0 Å². The number of carbonyl (C=O) groups is 1. The molecule has 1 saturated carbocycles. The summed E-state index contributed by atoms with van der Waals surface area (Å²) in [4.78, 5) is 12.7. The van der Waals surface area contributed by atoms with Crippen molar-refractivity contribution in [3.8, 4) is 5.75 Å². The molecular formula is C22H30O5. The fraction of sp³-hybridized carbons (Fsp3) is 0.591. The highest BCUT2D eigenvalue weighted by molar-refractivity contribution is 5.89. The molecule has 2 aliphatic carbocycles. The zero-order valence-corrected chi connectivity index (χ0v) is 16.5. The van der Waals surface area contributed by atoms with E-state index in [0.717, 1.165) is 6.42 Å². The van der Waals surface area contributed by atoms with Crippen LogP contribution in [0, 0.1) is 17.3 Å². The second kappa shape index (κ2) is 6.64. The third-order valence-electron chi connectivity index (χ3n) is 6.48. The maximum absolute atomic E-state index is 12.7. The molecule has 27 heavy (non-hydrogen) atoms.